The average molecular weight is 429 g/mol. The number of carbonyl (C=O) groups excluding carboxylic acids is 2. The van der Waals surface area contributed by atoms with Gasteiger partial charge in [0.1, 0.15) is 0 Å². The number of pyridine rings is 1. The number of carbonyl (C=O) groups is 2. The summed E-state index contributed by atoms with van der Waals surface area (Å²) in [7, 11) is 2.89. The standard InChI is InChI=1S/C22H27N3O6/c1-28-18-9-16(10-19(29-2)21(18)31-14-20(23)26)22(27)25(13-17-6-4-8-30-17)12-15-5-3-7-24-11-15/h3,5,7,9-11,17H,4,6,8,12-14H2,1-2H3,(H2,23,26). The lowest BCUT2D eigenvalue weighted by Gasteiger charge is -2.26. The van der Waals surface area contributed by atoms with Crippen LogP contribution >= 0.6 is 0 Å². The van der Waals surface area contributed by atoms with Crippen LogP contribution in [-0.4, -0.2) is 61.8 Å². The summed E-state index contributed by atoms with van der Waals surface area (Å²) in [4.78, 5) is 30.5. The Morgan fingerprint density at radius 1 is 1.26 bits per heavy atom. The molecule has 1 atom stereocenters. The van der Waals surface area contributed by atoms with Gasteiger partial charge < -0.3 is 29.6 Å². The van der Waals surface area contributed by atoms with Crippen LogP contribution in [0.5, 0.6) is 17.2 Å². The Balaban J connectivity index is 1.90. The van der Waals surface area contributed by atoms with Crippen molar-refractivity contribution in [2.45, 2.75) is 25.5 Å². The van der Waals surface area contributed by atoms with E-state index in [1.807, 2.05) is 12.1 Å². The third kappa shape index (κ3) is 5.85. The predicted molar refractivity (Wildman–Crippen MR) is 112 cm³/mol. The van der Waals surface area contributed by atoms with Gasteiger partial charge in [0.05, 0.1) is 20.3 Å². The Morgan fingerprint density at radius 3 is 2.55 bits per heavy atom. The third-order valence-electron chi connectivity index (χ3n) is 4.90. The van der Waals surface area contributed by atoms with Crippen LogP contribution in [0, 0.1) is 0 Å². The number of hydrogen-bond acceptors (Lipinski definition) is 7. The zero-order valence-electron chi connectivity index (χ0n) is 17.7. The molecule has 0 radical (unpaired) electrons. The summed E-state index contributed by atoms with van der Waals surface area (Å²) in [6, 6.07) is 6.88. The number of ether oxygens (including phenoxy) is 4. The Bertz CT molecular complexity index is 874. The monoisotopic (exact) mass is 429 g/mol. The van der Waals surface area contributed by atoms with Gasteiger partial charge in [-0.25, -0.2) is 0 Å². The number of primary amides is 1. The second-order valence-electron chi connectivity index (χ2n) is 7.15. The first-order valence-corrected chi connectivity index (χ1v) is 9.98. The van der Waals surface area contributed by atoms with Crippen LogP contribution in [0.2, 0.25) is 0 Å². The maximum absolute atomic E-state index is 13.5. The number of hydrogen-bond donors (Lipinski definition) is 1. The topological polar surface area (TPSA) is 113 Å². The largest absolute Gasteiger partial charge is 0.493 e. The number of amides is 2. The minimum Gasteiger partial charge on any atom is -0.493 e. The fraction of sp³-hybridized carbons (Fsp3) is 0.409. The van der Waals surface area contributed by atoms with Crippen molar-refractivity contribution in [3.05, 3.63) is 47.8 Å². The molecule has 1 unspecified atom stereocenters. The molecule has 1 fully saturated rings. The quantitative estimate of drug-likeness (QED) is 0.612. The molecule has 9 heteroatoms. The highest BCUT2D eigenvalue weighted by atomic mass is 16.5. The number of benzene rings is 1. The molecule has 0 spiro atoms. The van der Waals surface area contributed by atoms with Gasteiger partial charge in [0.2, 0.25) is 5.75 Å². The minimum absolute atomic E-state index is 0.0115. The van der Waals surface area contributed by atoms with Crippen molar-refractivity contribution in [3.63, 3.8) is 0 Å². The average Bonchev–Trinajstić information content (AvgIpc) is 3.30. The first-order chi connectivity index (χ1) is 15.0. The Kier molecular flexibility index (Phi) is 7.66. The molecule has 0 saturated carbocycles. The van der Waals surface area contributed by atoms with Crippen LogP contribution in [-0.2, 0) is 16.1 Å². The molecule has 1 aliphatic heterocycles. The van der Waals surface area contributed by atoms with E-state index in [1.54, 1.807) is 29.4 Å². The van der Waals surface area contributed by atoms with E-state index in [-0.39, 0.29) is 35.9 Å². The molecular weight excluding hydrogens is 402 g/mol. The number of rotatable bonds is 10. The van der Waals surface area contributed by atoms with E-state index in [2.05, 4.69) is 4.98 Å². The van der Waals surface area contributed by atoms with Gasteiger partial charge in [-0.05, 0) is 36.6 Å². The third-order valence-corrected chi connectivity index (χ3v) is 4.90. The number of nitrogens with zero attached hydrogens (tertiary/aromatic N) is 2. The number of methoxy groups -OCH3 is 2. The predicted octanol–water partition coefficient (Wildman–Crippen LogP) is 1.78. The van der Waals surface area contributed by atoms with Crippen LogP contribution in [0.15, 0.2) is 36.7 Å². The van der Waals surface area contributed by atoms with Gasteiger partial charge in [-0.15, -0.1) is 0 Å². The van der Waals surface area contributed by atoms with Crippen LogP contribution in [0.25, 0.3) is 0 Å². The number of nitrogens with two attached hydrogens (primary N) is 1. The van der Waals surface area contributed by atoms with Crippen molar-refractivity contribution in [1.82, 2.24) is 9.88 Å². The SMILES string of the molecule is COc1cc(C(=O)N(Cc2cccnc2)CC2CCCO2)cc(OC)c1OCC(N)=O. The molecule has 166 valence electrons. The van der Waals surface area contributed by atoms with Crippen molar-refractivity contribution in [1.29, 1.82) is 0 Å². The van der Waals surface area contributed by atoms with Gasteiger partial charge in [-0.3, -0.25) is 14.6 Å². The lowest BCUT2D eigenvalue weighted by molar-refractivity contribution is -0.120. The molecule has 2 amide bonds. The molecule has 1 aliphatic rings. The van der Waals surface area contributed by atoms with E-state index in [0.29, 0.717) is 25.3 Å². The van der Waals surface area contributed by atoms with Crippen LogP contribution in [0.1, 0.15) is 28.8 Å². The van der Waals surface area contributed by atoms with E-state index in [9.17, 15) is 9.59 Å². The summed E-state index contributed by atoms with van der Waals surface area (Å²) in [6.45, 7) is 1.20. The highest BCUT2D eigenvalue weighted by molar-refractivity contribution is 5.95. The molecular formula is C22H27N3O6. The highest BCUT2D eigenvalue weighted by Gasteiger charge is 2.26. The molecule has 3 rings (SSSR count). The molecule has 1 saturated heterocycles. The summed E-state index contributed by atoms with van der Waals surface area (Å²) in [5.74, 6) is -0.107. The Hall–Kier alpha value is -3.33. The molecule has 1 aromatic carbocycles. The van der Waals surface area contributed by atoms with E-state index in [0.717, 1.165) is 18.4 Å². The fourth-order valence-corrected chi connectivity index (χ4v) is 3.44. The normalized spacial score (nSPS) is 15.4. The summed E-state index contributed by atoms with van der Waals surface area (Å²) >= 11 is 0. The maximum Gasteiger partial charge on any atom is 0.255 e. The molecule has 2 heterocycles. The molecule has 9 nitrogen and oxygen atoms in total. The molecule has 1 aromatic heterocycles. The van der Waals surface area contributed by atoms with Gasteiger partial charge in [0.25, 0.3) is 11.8 Å². The summed E-state index contributed by atoms with van der Waals surface area (Å²) in [5, 5.41) is 0. The highest BCUT2D eigenvalue weighted by Crippen LogP contribution is 2.39. The second-order valence-corrected chi connectivity index (χ2v) is 7.15. The van der Waals surface area contributed by atoms with Gasteiger partial charge >= 0.3 is 0 Å². The van der Waals surface area contributed by atoms with Crippen LogP contribution < -0.4 is 19.9 Å². The first kappa shape index (κ1) is 22.4. The first-order valence-electron chi connectivity index (χ1n) is 9.98. The lowest BCUT2D eigenvalue weighted by atomic mass is 10.1. The fourth-order valence-electron chi connectivity index (χ4n) is 3.44. The van der Waals surface area contributed by atoms with Crippen molar-refractivity contribution in [2.24, 2.45) is 5.73 Å². The maximum atomic E-state index is 13.5. The van der Waals surface area contributed by atoms with Crippen molar-refractivity contribution >= 4 is 11.8 Å². The molecule has 0 bridgehead atoms. The van der Waals surface area contributed by atoms with E-state index < -0.39 is 5.91 Å². The summed E-state index contributed by atoms with van der Waals surface area (Å²) < 4.78 is 21.9. The Morgan fingerprint density at radius 2 is 2.00 bits per heavy atom. The molecule has 2 N–H and O–H groups in total. The lowest BCUT2D eigenvalue weighted by Crippen LogP contribution is -2.37. The minimum atomic E-state index is -0.636. The van der Waals surface area contributed by atoms with Crippen LogP contribution in [0.3, 0.4) is 0 Å². The van der Waals surface area contributed by atoms with Crippen molar-refractivity contribution in [3.8, 4) is 17.2 Å². The van der Waals surface area contributed by atoms with E-state index in [1.165, 1.54) is 14.2 Å². The Labute approximate surface area is 181 Å². The zero-order valence-corrected chi connectivity index (χ0v) is 17.7. The summed E-state index contributed by atoms with van der Waals surface area (Å²) in [5.41, 5.74) is 6.44. The van der Waals surface area contributed by atoms with Gasteiger partial charge in [0.15, 0.2) is 18.1 Å². The second kappa shape index (κ2) is 10.6. The summed E-state index contributed by atoms with van der Waals surface area (Å²) in [6.07, 6.45) is 5.30. The zero-order chi connectivity index (χ0) is 22.2. The van der Waals surface area contributed by atoms with Gasteiger partial charge in [-0.1, -0.05) is 6.07 Å². The molecule has 31 heavy (non-hydrogen) atoms. The smallest absolute Gasteiger partial charge is 0.255 e. The van der Waals surface area contributed by atoms with Crippen LogP contribution in [0.4, 0.5) is 0 Å². The molecule has 0 aliphatic carbocycles. The van der Waals surface area contributed by atoms with Crippen molar-refractivity contribution in [2.75, 3.05) is 34.0 Å². The van der Waals surface area contributed by atoms with Gasteiger partial charge in [0, 0.05) is 37.7 Å². The van der Waals surface area contributed by atoms with Crippen molar-refractivity contribution < 1.29 is 28.5 Å². The van der Waals surface area contributed by atoms with Gasteiger partial charge in [-0.2, -0.15) is 0 Å². The number of aromatic nitrogens is 1. The molecule has 2 aromatic rings. The van der Waals surface area contributed by atoms with E-state index in [4.69, 9.17) is 24.7 Å². The van der Waals surface area contributed by atoms with E-state index >= 15 is 0 Å².